The molecule has 2 fully saturated rings. The number of carbonyl (C=O) groups excluding carboxylic acids is 1. The summed E-state index contributed by atoms with van der Waals surface area (Å²) < 4.78 is 0. The number of aromatic nitrogens is 1. The molecule has 3 heterocycles. The normalized spacial score (nSPS) is 21.3. The van der Waals surface area contributed by atoms with Crippen molar-refractivity contribution >= 4 is 11.7 Å². The van der Waals surface area contributed by atoms with Crippen molar-refractivity contribution in [3.63, 3.8) is 0 Å². The van der Waals surface area contributed by atoms with E-state index in [2.05, 4.69) is 27.8 Å². The molecule has 1 unspecified atom stereocenters. The number of rotatable bonds is 3. The number of pyridine rings is 1. The third kappa shape index (κ3) is 3.83. The molecule has 5 heteroatoms. The number of anilines is 1. The molecule has 27 heavy (non-hydrogen) atoms. The lowest BCUT2D eigenvalue weighted by Gasteiger charge is -2.39. The van der Waals surface area contributed by atoms with E-state index in [4.69, 9.17) is 4.98 Å². The molecule has 2 aromatic rings. The minimum absolute atomic E-state index is 0.106. The summed E-state index contributed by atoms with van der Waals surface area (Å²) in [5.74, 6) is 1.19. The number of hydrogen-bond donors (Lipinski definition) is 0. The van der Waals surface area contributed by atoms with Crippen molar-refractivity contribution in [2.24, 2.45) is 0 Å². The highest BCUT2D eigenvalue weighted by molar-refractivity contribution is 5.94. The van der Waals surface area contributed by atoms with E-state index in [1.165, 1.54) is 5.56 Å². The number of nitrogens with zero attached hydrogens (tertiary/aromatic N) is 4. The van der Waals surface area contributed by atoms with Crippen LogP contribution in [0.5, 0.6) is 0 Å². The van der Waals surface area contributed by atoms with E-state index in [1.54, 1.807) is 0 Å². The van der Waals surface area contributed by atoms with Gasteiger partial charge in [-0.25, -0.2) is 4.98 Å². The SMILES string of the molecule is CN1CCN(c2ncccc2C2CCCCN2C(=O)c2ccccc2)CC1. The first-order chi connectivity index (χ1) is 13.2. The van der Waals surface area contributed by atoms with Gasteiger partial charge in [-0.15, -0.1) is 0 Å². The van der Waals surface area contributed by atoms with Gasteiger partial charge in [0.15, 0.2) is 0 Å². The smallest absolute Gasteiger partial charge is 0.254 e. The Bertz CT molecular complexity index is 771. The molecule has 0 spiro atoms. The van der Waals surface area contributed by atoms with Gasteiger partial charge in [0.1, 0.15) is 5.82 Å². The van der Waals surface area contributed by atoms with Gasteiger partial charge in [-0.3, -0.25) is 4.79 Å². The molecule has 0 N–H and O–H groups in total. The molecule has 2 saturated heterocycles. The molecule has 142 valence electrons. The van der Waals surface area contributed by atoms with Crippen molar-refractivity contribution in [2.45, 2.75) is 25.3 Å². The van der Waals surface area contributed by atoms with E-state index in [0.717, 1.165) is 63.4 Å². The topological polar surface area (TPSA) is 39.7 Å². The molecule has 0 bridgehead atoms. The van der Waals surface area contributed by atoms with E-state index >= 15 is 0 Å². The Kier molecular flexibility index (Phi) is 5.39. The summed E-state index contributed by atoms with van der Waals surface area (Å²) in [5, 5.41) is 0. The van der Waals surface area contributed by atoms with Crippen molar-refractivity contribution in [3.05, 3.63) is 59.8 Å². The van der Waals surface area contributed by atoms with Crippen molar-refractivity contribution in [3.8, 4) is 0 Å². The van der Waals surface area contributed by atoms with Crippen LogP contribution in [0.2, 0.25) is 0 Å². The average molecular weight is 364 g/mol. The molecule has 5 nitrogen and oxygen atoms in total. The van der Waals surface area contributed by atoms with Gasteiger partial charge in [-0.1, -0.05) is 24.3 Å². The number of piperazine rings is 1. The Morgan fingerprint density at radius 1 is 0.963 bits per heavy atom. The van der Waals surface area contributed by atoms with Gasteiger partial charge in [0.2, 0.25) is 0 Å². The van der Waals surface area contributed by atoms with Crippen molar-refractivity contribution in [1.29, 1.82) is 0 Å². The molecule has 1 aromatic heterocycles. The minimum Gasteiger partial charge on any atom is -0.354 e. The fraction of sp³-hybridized carbons (Fsp3) is 0.455. The van der Waals surface area contributed by atoms with Crippen LogP contribution in [0.4, 0.5) is 5.82 Å². The third-order valence-electron chi connectivity index (χ3n) is 5.76. The predicted molar refractivity (Wildman–Crippen MR) is 108 cm³/mol. The van der Waals surface area contributed by atoms with Gasteiger partial charge < -0.3 is 14.7 Å². The van der Waals surface area contributed by atoms with Crippen LogP contribution in [0.3, 0.4) is 0 Å². The van der Waals surface area contributed by atoms with Gasteiger partial charge in [0.25, 0.3) is 5.91 Å². The van der Waals surface area contributed by atoms with Crippen LogP contribution in [-0.4, -0.2) is 60.5 Å². The number of likely N-dealkylation sites (N-methyl/N-ethyl adjacent to an activating group) is 1. The van der Waals surface area contributed by atoms with Crippen LogP contribution in [0.15, 0.2) is 48.7 Å². The second-order valence-corrected chi connectivity index (χ2v) is 7.58. The quantitative estimate of drug-likeness (QED) is 0.839. The zero-order chi connectivity index (χ0) is 18.6. The van der Waals surface area contributed by atoms with Gasteiger partial charge in [0, 0.05) is 50.0 Å². The second kappa shape index (κ2) is 8.09. The summed E-state index contributed by atoms with van der Waals surface area (Å²) in [6, 6.07) is 13.9. The second-order valence-electron chi connectivity index (χ2n) is 7.58. The number of piperidine rings is 1. The van der Waals surface area contributed by atoms with Gasteiger partial charge in [-0.2, -0.15) is 0 Å². The first-order valence-electron chi connectivity index (χ1n) is 9.98. The van der Waals surface area contributed by atoms with E-state index in [0.29, 0.717) is 0 Å². The lowest BCUT2D eigenvalue weighted by atomic mass is 9.94. The van der Waals surface area contributed by atoms with Gasteiger partial charge >= 0.3 is 0 Å². The van der Waals surface area contributed by atoms with Crippen LogP contribution >= 0.6 is 0 Å². The predicted octanol–water partition coefficient (Wildman–Crippen LogP) is 3.20. The number of amides is 1. The summed E-state index contributed by atoms with van der Waals surface area (Å²) >= 11 is 0. The highest BCUT2D eigenvalue weighted by Gasteiger charge is 2.32. The van der Waals surface area contributed by atoms with Crippen molar-refractivity contribution in [2.75, 3.05) is 44.7 Å². The average Bonchev–Trinajstić information content (AvgIpc) is 2.74. The van der Waals surface area contributed by atoms with Gasteiger partial charge in [-0.05, 0) is 44.5 Å². The fourth-order valence-corrected chi connectivity index (χ4v) is 4.20. The Morgan fingerprint density at radius 2 is 1.74 bits per heavy atom. The monoisotopic (exact) mass is 364 g/mol. The van der Waals surface area contributed by atoms with E-state index in [-0.39, 0.29) is 11.9 Å². The molecule has 1 atom stereocenters. The van der Waals surface area contributed by atoms with Crippen molar-refractivity contribution < 1.29 is 4.79 Å². The Balaban J connectivity index is 1.64. The molecule has 1 aromatic carbocycles. The highest BCUT2D eigenvalue weighted by atomic mass is 16.2. The summed E-state index contributed by atoms with van der Waals surface area (Å²) in [4.78, 5) is 24.7. The maximum absolute atomic E-state index is 13.2. The molecule has 0 radical (unpaired) electrons. The molecule has 2 aliphatic rings. The Morgan fingerprint density at radius 3 is 2.52 bits per heavy atom. The number of likely N-dealkylation sites (tertiary alicyclic amines) is 1. The fourth-order valence-electron chi connectivity index (χ4n) is 4.20. The maximum atomic E-state index is 13.2. The Labute approximate surface area is 161 Å². The highest BCUT2D eigenvalue weighted by Crippen LogP contribution is 2.36. The zero-order valence-corrected chi connectivity index (χ0v) is 16.1. The molecule has 2 aliphatic heterocycles. The number of hydrogen-bond acceptors (Lipinski definition) is 4. The maximum Gasteiger partial charge on any atom is 0.254 e. The minimum atomic E-state index is 0.106. The number of carbonyl (C=O) groups is 1. The van der Waals surface area contributed by atoms with Crippen LogP contribution in [0.25, 0.3) is 0 Å². The zero-order valence-electron chi connectivity index (χ0n) is 16.1. The molecule has 1 amide bonds. The lowest BCUT2D eigenvalue weighted by molar-refractivity contribution is 0.0611. The molecular formula is C22H28N4O. The molecular weight excluding hydrogens is 336 g/mol. The first-order valence-corrected chi connectivity index (χ1v) is 9.98. The summed E-state index contributed by atoms with van der Waals surface area (Å²) in [5.41, 5.74) is 1.97. The standard InChI is InChI=1S/C22H28N4O/c1-24-14-16-25(17-15-24)21-19(10-7-12-23-21)20-11-5-6-13-26(20)22(27)18-8-3-2-4-9-18/h2-4,7-10,12,20H,5-6,11,13-17H2,1H3. The molecule has 4 rings (SSSR count). The molecule has 0 aliphatic carbocycles. The van der Waals surface area contributed by atoms with Gasteiger partial charge in [0.05, 0.1) is 6.04 Å². The number of benzene rings is 1. The van der Waals surface area contributed by atoms with Crippen LogP contribution < -0.4 is 4.90 Å². The largest absolute Gasteiger partial charge is 0.354 e. The van der Waals surface area contributed by atoms with E-state index < -0.39 is 0 Å². The summed E-state index contributed by atoms with van der Waals surface area (Å²) in [6.45, 7) is 4.88. The summed E-state index contributed by atoms with van der Waals surface area (Å²) in [6.07, 6.45) is 5.10. The lowest BCUT2D eigenvalue weighted by Crippen LogP contribution is -2.46. The van der Waals surface area contributed by atoms with Crippen LogP contribution in [0.1, 0.15) is 41.2 Å². The van der Waals surface area contributed by atoms with Crippen LogP contribution in [0, 0.1) is 0 Å². The van der Waals surface area contributed by atoms with Crippen LogP contribution in [-0.2, 0) is 0 Å². The Hall–Kier alpha value is -2.40. The summed E-state index contributed by atoms with van der Waals surface area (Å²) in [7, 11) is 2.16. The van der Waals surface area contributed by atoms with E-state index in [1.807, 2.05) is 42.6 Å². The first kappa shape index (κ1) is 18.0. The third-order valence-corrected chi connectivity index (χ3v) is 5.76. The van der Waals surface area contributed by atoms with E-state index in [9.17, 15) is 4.79 Å². The van der Waals surface area contributed by atoms with Crippen molar-refractivity contribution in [1.82, 2.24) is 14.8 Å². The molecule has 0 saturated carbocycles.